The van der Waals surface area contributed by atoms with Gasteiger partial charge in [0.1, 0.15) is 11.6 Å². The minimum atomic E-state index is -0.351. The van der Waals surface area contributed by atoms with Crippen LogP contribution in [0.25, 0.3) is 0 Å². The number of anilines is 1. The molecule has 0 atom stereocenters. The lowest BCUT2D eigenvalue weighted by Gasteiger charge is -2.36. The molecule has 33 heavy (non-hydrogen) atoms. The normalized spacial score (nSPS) is 14.5. The van der Waals surface area contributed by atoms with Gasteiger partial charge in [0.25, 0.3) is 0 Å². The van der Waals surface area contributed by atoms with E-state index >= 15 is 0 Å². The fraction of sp³-hybridized carbons (Fsp3) is 0.333. The van der Waals surface area contributed by atoms with Gasteiger partial charge < -0.3 is 10.2 Å². The lowest BCUT2D eigenvalue weighted by atomic mass is 10.2. The molecule has 2 heterocycles. The molecule has 5 nitrogen and oxygen atoms in total. The number of rotatable bonds is 5. The standard InChI is InChI=1S/C24H26ClF2N5S/c1-16-23(17(2)32(29-16)15-20-21(25)7-4-8-22(20)27)28-24(33)31-11-9-30(10-12-31)14-18-5-3-6-19(26)13-18/h3-8,13H,9-12,14-15H2,1-2H3,(H,28,33). The van der Waals surface area contributed by atoms with Gasteiger partial charge in [-0.3, -0.25) is 9.58 Å². The summed E-state index contributed by atoms with van der Waals surface area (Å²) in [6, 6.07) is 11.4. The zero-order chi connectivity index (χ0) is 23.5. The molecule has 1 aliphatic rings. The molecule has 1 aliphatic heterocycles. The van der Waals surface area contributed by atoms with Crippen molar-refractivity contribution < 1.29 is 8.78 Å². The number of benzene rings is 2. The third-order valence-electron chi connectivity index (χ3n) is 5.94. The van der Waals surface area contributed by atoms with Gasteiger partial charge in [-0.05, 0) is 55.9 Å². The molecule has 0 amide bonds. The molecule has 174 valence electrons. The SMILES string of the molecule is Cc1nn(Cc2c(F)cccc2Cl)c(C)c1NC(=S)N1CCN(Cc2cccc(F)c2)CC1. The van der Waals surface area contributed by atoms with Crippen LogP contribution >= 0.6 is 23.8 Å². The van der Waals surface area contributed by atoms with Crippen molar-refractivity contribution >= 4 is 34.6 Å². The molecule has 0 saturated carbocycles. The minimum absolute atomic E-state index is 0.208. The Hall–Kier alpha value is -2.55. The van der Waals surface area contributed by atoms with E-state index in [0.717, 1.165) is 55.4 Å². The van der Waals surface area contributed by atoms with E-state index in [0.29, 0.717) is 15.7 Å². The first-order valence-electron chi connectivity index (χ1n) is 10.8. The van der Waals surface area contributed by atoms with Crippen molar-refractivity contribution in [3.8, 4) is 0 Å². The first-order chi connectivity index (χ1) is 15.8. The highest BCUT2D eigenvalue weighted by Crippen LogP contribution is 2.25. The predicted molar refractivity (Wildman–Crippen MR) is 132 cm³/mol. The highest BCUT2D eigenvalue weighted by molar-refractivity contribution is 7.80. The second kappa shape index (κ2) is 10.2. The van der Waals surface area contributed by atoms with Gasteiger partial charge in [-0.15, -0.1) is 0 Å². The van der Waals surface area contributed by atoms with Crippen LogP contribution in [0.5, 0.6) is 0 Å². The fourth-order valence-electron chi connectivity index (χ4n) is 4.05. The molecule has 1 N–H and O–H groups in total. The van der Waals surface area contributed by atoms with Crippen LogP contribution in [0.2, 0.25) is 5.02 Å². The van der Waals surface area contributed by atoms with Gasteiger partial charge >= 0.3 is 0 Å². The summed E-state index contributed by atoms with van der Waals surface area (Å²) in [7, 11) is 0. The van der Waals surface area contributed by atoms with Gasteiger partial charge in [0.05, 0.1) is 23.6 Å². The summed E-state index contributed by atoms with van der Waals surface area (Å²) in [6.07, 6.45) is 0. The number of nitrogens with zero attached hydrogens (tertiary/aromatic N) is 4. The molecular weight excluding hydrogens is 464 g/mol. The van der Waals surface area contributed by atoms with Crippen molar-refractivity contribution in [2.45, 2.75) is 26.9 Å². The summed E-state index contributed by atoms with van der Waals surface area (Å²) in [5.74, 6) is -0.559. The van der Waals surface area contributed by atoms with Gasteiger partial charge in [0.2, 0.25) is 0 Å². The molecule has 4 rings (SSSR count). The summed E-state index contributed by atoms with van der Waals surface area (Å²) >= 11 is 11.9. The minimum Gasteiger partial charge on any atom is -0.346 e. The third kappa shape index (κ3) is 5.51. The van der Waals surface area contributed by atoms with Crippen molar-refractivity contribution in [1.29, 1.82) is 0 Å². The van der Waals surface area contributed by atoms with Crippen molar-refractivity contribution in [2.75, 3.05) is 31.5 Å². The summed E-state index contributed by atoms with van der Waals surface area (Å²) in [6.45, 7) is 8.00. The molecule has 1 fully saturated rings. The smallest absolute Gasteiger partial charge is 0.173 e. The lowest BCUT2D eigenvalue weighted by molar-refractivity contribution is 0.177. The van der Waals surface area contributed by atoms with Crippen LogP contribution in [-0.2, 0) is 13.1 Å². The van der Waals surface area contributed by atoms with Crippen LogP contribution in [-0.4, -0.2) is 50.9 Å². The Bertz CT molecular complexity index is 1140. The van der Waals surface area contributed by atoms with Crippen molar-refractivity contribution in [1.82, 2.24) is 19.6 Å². The average molecular weight is 490 g/mol. The molecule has 1 aromatic heterocycles. The van der Waals surface area contributed by atoms with Crippen molar-refractivity contribution in [3.63, 3.8) is 0 Å². The van der Waals surface area contributed by atoms with Gasteiger partial charge in [-0.2, -0.15) is 5.10 Å². The molecule has 0 unspecified atom stereocenters. The number of hydrogen-bond acceptors (Lipinski definition) is 3. The summed E-state index contributed by atoms with van der Waals surface area (Å²) < 4.78 is 29.4. The van der Waals surface area contributed by atoms with E-state index in [1.807, 2.05) is 19.9 Å². The zero-order valence-electron chi connectivity index (χ0n) is 18.6. The van der Waals surface area contributed by atoms with E-state index in [2.05, 4.69) is 20.2 Å². The average Bonchev–Trinajstić information content (AvgIpc) is 3.04. The Balaban J connectivity index is 1.37. The maximum Gasteiger partial charge on any atom is 0.173 e. The Labute approximate surface area is 202 Å². The topological polar surface area (TPSA) is 36.3 Å². The van der Waals surface area contributed by atoms with E-state index < -0.39 is 0 Å². The number of hydrogen-bond donors (Lipinski definition) is 1. The van der Waals surface area contributed by atoms with Gasteiger partial charge in [0, 0.05) is 43.3 Å². The molecule has 9 heteroatoms. The van der Waals surface area contributed by atoms with Crippen LogP contribution < -0.4 is 5.32 Å². The molecule has 0 bridgehead atoms. The zero-order valence-corrected chi connectivity index (χ0v) is 20.2. The van der Waals surface area contributed by atoms with Crippen LogP contribution in [0.15, 0.2) is 42.5 Å². The largest absolute Gasteiger partial charge is 0.346 e. The quantitative estimate of drug-likeness (QED) is 0.511. The molecule has 0 radical (unpaired) electrons. The van der Waals surface area contributed by atoms with Crippen LogP contribution in [0.3, 0.4) is 0 Å². The number of aromatic nitrogens is 2. The fourth-order valence-corrected chi connectivity index (χ4v) is 4.56. The molecule has 3 aromatic rings. The van der Waals surface area contributed by atoms with E-state index in [4.69, 9.17) is 23.8 Å². The van der Waals surface area contributed by atoms with Crippen molar-refractivity contribution in [3.05, 3.63) is 81.6 Å². The van der Waals surface area contributed by atoms with Crippen LogP contribution in [0.1, 0.15) is 22.5 Å². The van der Waals surface area contributed by atoms with Gasteiger partial charge in [-0.25, -0.2) is 8.78 Å². The number of piperazine rings is 1. The first-order valence-corrected chi connectivity index (χ1v) is 11.6. The third-order valence-corrected chi connectivity index (χ3v) is 6.65. The number of thiocarbonyl (C=S) groups is 1. The number of aryl methyl sites for hydroxylation is 1. The number of halogens is 3. The predicted octanol–water partition coefficient (Wildman–Crippen LogP) is 4.99. The summed E-state index contributed by atoms with van der Waals surface area (Å²) in [5, 5.41) is 8.91. The molecular formula is C24H26ClF2N5S. The van der Waals surface area contributed by atoms with Crippen molar-refractivity contribution in [2.24, 2.45) is 0 Å². The van der Waals surface area contributed by atoms with E-state index in [1.165, 1.54) is 12.1 Å². The maximum atomic E-state index is 14.2. The Kier molecular flexibility index (Phi) is 7.26. The van der Waals surface area contributed by atoms with Crippen LogP contribution in [0.4, 0.5) is 14.5 Å². The van der Waals surface area contributed by atoms with E-state index in [9.17, 15) is 8.78 Å². The first kappa shape index (κ1) is 23.6. The second-order valence-electron chi connectivity index (χ2n) is 8.23. The molecule has 2 aromatic carbocycles. The Morgan fingerprint density at radius 1 is 1.06 bits per heavy atom. The summed E-state index contributed by atoms with van der Waals surface area (Å²) in [4.78, 5) is 4.42. The molecule has 0 spiro atoms. The maximum absolute atomic E-state index is 14.2. The Morgan fingerprint density at radius 2 is 1.79 bits per heavy atom. The lowest BCUT2D eigenvalue weighted by Crippen LogP contribution is -2.49. The molecule has 1 saturated heterocycles. The number of nitrogens with one attached hydrogen (secondary N) is 1. The second-order valence-corrected chi connectivity index (χ2v) is 9.02. The highest BCUT2D eigenvalue weighted by atomic mass is 35.5. The monoisotopic (exact) mass is 489 g/mol. The molecule has 0 aliphatic carbocycles. The Morgan fingerprint density at radius 3 is 2.48 bits per heavy atom. The van der Waals surface area contributed by atoms with Gasteiger partial charge in [-0.1, -0.05) is 29.8 Å². The van der Waals surface area contributed by atoms with E-state index in [1.54, 1.807) is 28.9 Å². The van der Waals surface area contributed by atoms with Gasteiger partial charge in [0.15, 0.2) is 5.11 Å². The summed E-state index contributed by atoms with van der Waals surface area (Å²) in [5.41, 5.74) is 3.85. The highest BCUT2D eigenvalue weighted by Gasteiger charge is 2.21. The van der Waals surface area contributed by atoms with Crippen LogP contribution in [0, 0.1) is 25.5 Å². The van der Waals surface area contributed by atoms with E-state index in [-0.39, 0.29) is 18.2 Å².